The molecular weight excluding hydrogens is 372 g/mol. The SMILES string of the molecule is CNC(=O)[C@H](Cc1ccccc1)NC(=O)[C@H](CCCC=O)CC(=O)OC(C)(C)C. The molecule has 0 saturated carbocycles. The van der Waals surface area contributed by atoms with E-state index in [0.717, 1.165) is 11.8 Å². The number of benzene rings is 1. The summed E-state index contributed by atoms with van der Waals surface area (Å²) in [4.78, 5) is 48.0. The molecule has 0 aromatic heterocycles. The van der Waals surface area contributed by atoms with Gasteiger partial charge < -0.3 is 20.2 Å². The van der Waals surface area contributed by atoms with E-state index in [9.17, 15) is 19.2 Å². The summed E-state index contributed by atoms with van der Waals surface area (Å²) in [5.41, 5.74) is 0.254. The summed E-state index contributed by atoms with van der Waals surface area (Å²) in [7, 11) is 1.51. The Morgan fingerprint density at radius 1 is 1.10 bits per heavy atom. The van der Waals surface area contributed by atoms with Gasteiger partial charge in [-0.05, 0) is 39.2 Å². The van der Waals surface area contributed by atoms with Crippen molar-refractivity contribution in [2.45, 2.75) is 64.5 Å². The zero-order chi connectivity index (χ0) is 21.9. The van der Waals surface area contributed by atoms with Crippen molar-refractivity contribution < 1.29 is 23.9 Å². The van der Waals surface area contributed by atoms with Gasteiger partial charge in [0.15, 0.2) is 0 Å². The van der Waals surface area contributed by atoms with Gasteiger partial charge in [0, 0.05) is 25.8 Å². The standard InChI is InChI=1S/C22H32N2O5/c1-22(2,3)29-19(26)15-17(12-8-9-13-25)20(27)24-18(21(28)23-4)14-16-10-6-5-7-11-16/h5-7,10-11,13,17-18H,8-9,12,14-15H2,1-4H3,(H,23,28)(H,24,27)/t17-,18+/m1/s1. The fraction of sp³-hybridized carbons (Fsp3) is 0.545. The number of hydrogen-bond acceptors (Lipinski definition) is 5. The predicted octanol–water partition coefficient (Wildman–Crippen LogP) is 2.18. The number of hydrogen-bond donors (Lipinski definition) is 2. The van der Waals surface area contributed by atoms with E-state index in [1.165, 1.54) is 7.05 Å². The summed E-state index contributed by atoms with van der Waals surface area (Å²) >= 11 is 0. The second-order valence-corrected chi connectivity index (χ2v) is 7.95. The van der Waals surface area contributed by atoms with Crippen LogP contribution in [-0.4, -0.2) is 42.8 Å². The monoisotopic (exact) mass is 404 g/mol. The van der Waals surface area contributed by atoms with Crippen molar-refractivity contribution in [2.24, 2.45) is 5.92 Å². The molecule has 0 radical (unpaired) electrons. The van der Waals surface area contributed by atoms with E-state index in [1.807, 2.05) is 30.3 Å². The first-order chi connectivity index (χ1) is 13.7. The number of likely N-dealkylation sites (N-methyl/N-ethyl adjacent to an activating group) is 1. The Kier molecular flexibility index (Phi) is 10.1. The van der Waals surface area contributed by atoms with Crippen LogP contribution >= 0.6 is 0 Å². The molecule has 160 valence electrons. The van der Waals surface area contributed by atoms with Crippen LogP contribution in [0.25, 0.3) is 0 Å². The van der Waals surface area contributed by atoms with Gasteiger partial charge in [-0.25, -0.2) is 0 Å². The molecule has 0 aliphatic rings. The Bertz CT molecular complexity index is 682. The fourth-order valence-corrected chi connectivity index (χ4v) is 2.88. The maximum absolute atomic E-state index is 12.9. The van der Waals surface area contributed by atoms with Crippen molar-refractivity contribution in [1.82, 2.24) is 10.6 Å². The van der Waals surface area contributed by atoms with Crippen LogP contribution in [0.1, 0.15) is 52.0 Å². The predicted molar refractivity (Wildman–Crippen MR) is 110 cm³/mol. The molecule has 0 heterocycles. The highest BCUT2D eigenvalue weighted by atomic mass is 16.6. The van der Waals surface area contributed by atoms with Crippen molar-refractivity contribution in [3.63, 3.8) is 0 Å². The highest BCUT2D eigenvalue weighted by Gasteiger charge is 2.28. The van der Waals surface area contributed by atoms with Crippen LogP contribution in [0.15, 0.2) is 30.3 Å². The zero-order valence-electron chi connectivity index (χ0n) is 17.7. The molecule has 0 aliphatic carbocycles. The highest BCUT2D eigenvalue weighted by Crippen LogP contribution is 2.18. The lowest BCUT2D eigenvalue weighted by Gasteiger charge is -2.24. The maximum Gasteiger partial charge on any atom is 0.307 e. The minimum atomic E-state index is -0.762. The number of carbonyl (C=O) groups is 4. The quantitative estimate of drug-likeness (QED) is 0.334. The average molecular weight is 405 g/mol. The van der Waals surface area contributed by atoms with E-state index >= 15 is 0 Å². The van der Waals surface area contributed by atoms with Crippen LogP contribution in [0.4, 0.5) is 0 Å². The minimum absolute atomic E-state index is 0.103. The average Bonchev–Trinajstić information content (AvgIpc) is 2.65. The summed E-state index contributed by atoms with van der Waals surface area (Å²) < 4.78 is 5.33. The Hall–Kier alpha value is -2.70. The first-order valence-corrected chi connectivity index (χ1v) is 9.87. The molecule has 0 spiro atoms. The van der Waals surface area contributed by atoms with Crippen LogP contribution in [0.3, 0.4) is 0 Å². The molecule has 7 nitrogen and oxygen atoms in total. The van der Waals surface area contributed by atoms with Gasteiger partial charge in [0.2, 0.25) is 11.8 Å². The molecule has 29 heavy (non-hydrogen) atoms. The molecule has 1 rings (SSSR count). The number of amides is 2. The van der Waals surface area contributed by atoms with Crippen LogP contribution < -0.4 is 10.6 Å². The Labute approximate surface area is 172 Å². The lowest BCUT2D eigenvalue weighted by atomic mass is 9.96. The van der Waals surface area contributed by atoms with Gasteiger partial charge in [-0.2, -0.15) is 0 Å². The van der Waals surface area contributed by atoms with Gasteiger partial charge in [-0.15, -0.1) is 0 Å². The van der Waals surface area contributed by atoms with E-state index in [1.54, 1.807) is 20.8 Å². The molecule has 0 aliphatic heterocycles. The van der Waals surface area contributed by atoms with Crippen LogP contribution in [-0.2, 0) is 30.3 Å². The third-order valence-electron chi connectivity index (χ3n) is 4.24. The molecule has 2 atom stereocenters. The van der Waals surface area contributed by atoms with Crippen LogP contribution in [0.5, 0.6) is 0 Å². The van der Waals surface area contributed by atoms with E-state index in [4.69, 9.17) is 4.74 Å². The van der Waals surface area contributed by atoms with Crippen molar-refractivity contribution in [3.8, 4) is 0 Å². The normalized spacial score (nSPS) is 13.1. The first kappa shape index (κ1) is 24.3. The smallest absolute Gasteiger partial charge is 0.307 e. The first-order valence-electron chi connectivity index (χ1n) is 9.87. The summed E-state index contributed by atoms with van der Waals surface area (Å²) in [6.07, 6.45) is 2.16. The highest BCUT2D eigenvalue weighted by molar-refractivity contribution is 5.90. The topological polar surface area (TPSA) is 102 Å². The number of rotatable bonds is 11. The van der Waals surface area contributed by atoms with Gasteiger partial charge in [-0.3, -0.25) is 14.4 Å². The second kappa shape index (κ2) is 12.0. The molecule has 0 fully saturated rings. The summed E-state index contributed by atoms with van der Waals surface area (Å²) in [6.45, 7) is 5.27. The molecule has 0 bridgehead atoms. The summed E-state index contributed by atoms with van der Waals surface area (Å²) in [6, 6.07) is 8.60. The second-order valence-electron chi connectivity index (χ2n) is 7.95. The third kappa shape index (κ3) is 9.87. The van der Waals surface area contributed by atoms with Gasteiger partial charge in [0.1, 0.15) is 17.9 Å². The van der Waals surface area contributed by atoms with E-state index < -0.39 is 29.4 Å². The molecule has 0 unspecified atom stereocenters. The van der Waals surface area contributed by atoms with E-state index in [0.29, 0.717) is 25.7 Å². The zero-order valence-corrected chi connectivity index (χ0v) is 17.7. The molecule has 2 N–H and O–H groups in total. The number of ether oxygens (including phenoxy) is 1. The maximum atomic E-state index is 12.9. The number of aldehydes is 1. The molecule has 1 aromatic rings. The van der Waals surface area contributed by atoms with Gasteiger partial charge in [0.25, 0.3) is 0 Å². The Morgan fingerprint density at radius 3 is 2.31 bits per heavy atom. The molecule has 2 amide bonds. The van der Waals surface area contributed by atoms with Crippen LogP contribution in [0.2, 0.25) is 0 Å². The lowest BCUT2D eigenvalue weighted by Crippen LogP contribution is -2.49. The fourth-order valence-electron chi connectivity index (χ4n) is 2.88. The van der Waals surface area contributed by atoms with Crippen molar-refractivity contribution in [2.75, 3.05) is 7.05 Å². The Balaban J connectivity index is 2.87. The lowest BCUT2D eigenvalue weighted by molar-refractivity contribution is -0.157. The minimum Gasteiger partial charge on any atom is -0.460 e. The number of esters is 1. The molecule has 7 heteroatoms. The largest absolute Gasteiger partial charge is 0.460 e. The number of nitrogens with one attached hydrogen (secondary N) is 2. The van der Waals surface area contributed by atoms with Crippen molar-refractivity contribution >= 4 is 24.1 Å². The van der Waals surface area contributed by atoms with Crippen molar-refractivity contribution in [1.29, 1.82) is 0 Å². The third-order valence-corrected chi connectivity index (χ3v) is 4.24. The number of unbranched alkanes of at least 4 members (excludes halogenated alkanes) is 1. The van der Waals surface area contributed by atoms with E-state index in [2.05, 4.69) is 10.6 Å². The van der Waals surface area contributed by atoms with Gasteiger partial charge in [-0.1, -0.05) is 30.3 Å². The summed E-state index contributed by atoms with van der Waals surface area (Å²) in [5.74, 6) is -1.87. The Morgan fingerprint density at radius 2 is 1.76 bits per heavy atom. The molecule has 1 aromatic carbocycles. The molecular formula is C22H32N2O5. The summed E-state index contributed by atoms with van der Waals surface area (Å²) in [5, 5.41) is 5.33. The van der Waals surface area contributed by atoms with Crippen LogP contribution in [0, 0.1) is 5.92 Å². The van der Waals surface area contributed by atoms with E-state index in [-0.39, 0.29) is 12.3 Å². The van der Waals surface area contributed by atoms with Gasteiger partial charge >= 0.3 is 5.97 Å². The number of carbonyl (C=O) groups excluding carboxylic acids is 4. The molecule has 0 saturated heterocycles. The van der Waals surface area contributed by atoms with Crippen molar-refractivity contribution in [3.05, 3.63) is 35.9 Å². The van der Waals surface area contributed by atoms with Gasteiger partial charge in [0.05, 0.1) is 6.42 Å².